The van der Waals surface area contributed by atoms with E-state index < -0.39 is 5.82 Å². The molecule has 0 amide bonds. The standard InChI is InChI=1S/C12H12FNO2/c1-3-8-6-10(15)9-4-7(13)5-11(16-2)12(9)14-8/h4-6H,3H2,1-2H3,(H,14,15). The van der Waals surface area contributed by atoms with E-state index in [4.69, 9.17) is 4.74 Å². The molecule has 0 saturated heterocycles. The molecular formula is C12H12FNO2. The van der Waals surface area contributed by atoms with Crippen molar-refractivity contribution in [3.05, 3.63) is 39.9 Å². The van der Waals surface area contributed by atoms with Crippen molar-refractivity contribution >= 4 is 10.9 Å². The molecule has 1 N–H and O–H groups in total. The number of halogens is 1. The molecule has 2 aromatic rings. The molecule has 3 nitrogen and oxygen atoms in total. The highest BCUT2D eigenvalue weighted by molar-refractivity contribution is 5.84. The molecular weight excluding hydrogens is 209 g/mol. The number of hydrogen-bond donors (Lipinski definition) is 1. The molecule has 0 aliphatic carbocycles. The Balaban J connectivity index is 2.89. The van der Waals surface area contributed by atoms with E-state index in [2.05, 4.69) is 4.98 Å². The van der Waals surface area contributed by atoms with Crippen molar-refractivity contribution in [2.45, 2.75) is 13.3 Å². The first-order valence-corrected chi connectivity index (χ1v) is 5.05. The maximum atomic E-state index is 13.2. The van der Waals surface area contributed by atoms with E-state index in [9.17, 15) is 9.18 Å². The van der Waals surface area contributed by atoms with Crippen LogP contribution in [0, 0.1) is 5.82 Å². The van der Waals surface area contributed by atoms with Gasteiger partial charge in [-0.05, 0) is 12.5 Å². The topological polar surface area (TPSA) is 42.1 Å². The first-order valence-electron chi connectivity index (χ1n) is 5.05. The van der Waals surface area contributed by atoms with Gasteiger partial charge in [-0.1, -0.05) is 6.92 Å². The zero-order chi connectivity index (χ0) is 11.7. The van der Waals surface area contributed by atoms with Gasteiger partial charge in [-0.25, -0.2) is 4.39 Å². The maximum Gasteiger partial charge on any atom is 0.189 e. The lowest BCUT2D eigenvalue weighted by Gasteiger charge is -2.07. The number of ether oxygens (including phenoxy) is 1. The lowest BCUT2D eigenvalue weighted by Crippen LogP contribution is -2.06. The summed E-state index contributed by atoms with van der Waals surface area (Å²) in [6.07, 6.45) is 0.714. The van der Waals surface area contributed by atoms with E-state index >= 15 is 0 Å². The lowest BCUT2D eigenvalue weighted by atomic mass is 10.1. The molecule has 0 atom stereocenters. The minimum absolute atomic E-state index is 0.191. The Morgan fingerprint density at radius 2 is 2.12 bits per heavy atom. The van der Waals surface area contributed by atoms with Crippen molar-refractivity contribution in [1.29, 1.82) is 0 Å². The van der Waals surface area contributed by atoms with Crippen LogP contribution in [0.2, 0.25) is 0 Å². The van der Waals surface area contributed by atoms with Crippen molar-refractivity contribution in [2.75, 3.05) is 7.11 Å². The van der Waals surface area contributed by atoms with E-state index in [1.165, 1.54) is 25.3 Å². The minimum atomic E-state index is -0.473. The number of benzene rings is 1. The van der Waals surface area contributed by atoms with E-state index in [-0.39, 0.29) is 5.43 Å². The fraction of sp³-hybridized carbons (Fsp3) is 0.250. The second-order valence-electron chi connectivity index (χ2n) is 3.54. The van der Waals surface area contributed by atoms with Gasteiger partial charge >= 0.3 is 0 Å². The van der Waals surface area contributed by atoms with Gasteiger partial charge in [0.15, 0.2) is 5.43 Å². The number of rotatable bonds is 2. The highest BCUT2D eigenvalue weighted by Gasteiger charge is 2.08. The number of aryl methyl sites for hydroxylation is 1. The molecule has 0 radical (unpaired) electrons. The van der Waals surface area contributed by atoms with Crippen LogP contribution >= 0.6 is 0 Å². The molecule has 84 valence electrons. The monoisotopic (exact) mass is 221 g/mol. The van der Waals surface area contributed by atoms with Crippen LogP contribution in [-0.2, 0) is 6.42 Å². The summed E-state index contributed by atoms with van der Waals surface area (Å²) in [5.74, 6) is -0.124. The van der Waals surface area contributed by atoms with Crippen molar-refractivity contribution in [1.82, 2.24) is 4.98 Å². The Kier molecular flexibility index (Phi) is 2.64. The smallest absolute Gasteiger partial charge is 0.189 e. The average molecular weight is 221 g/mol. The quantitative estimate of drug-likeness (QED) is 0.845. The summed E-state index contributed by atoms with van der Waals surface area (Å²) in [5, 5.41) is 0.314. The third-order valence-corrected chi connectivity index (χ3v) is 2.52. The zero-order valence-electron chi connectivity index (χ0n) is 9.13. The fourth-order valence-corrected chi connectivity index (χ4v) is 1.69. The maximum absolute atomic E-state index is 13.2. The molecule has 0 aliphatic heterocycles. The summed E-state index contributed by atoms with van der Waals surface area (Å²) < 4.78 is 18.3. The molecule has 2 rings (SSSR count). The fourth-order valence-electron chi connectivity index (χ4n) is 1.69. The van der Waals surface area contributed by atoms with Crippen LogP contribution in [0.3, 0.4) is 0 Å². The predicted octanol–water partition coefficient (Wildman–Crippen LogP) is 2.24. The number of H-pyrrole nitrogens is 1. The first-order chi connectivity index (χ1) is 7.65. The van der Waals surface area contributed by atoms with Crippen LogP contribution < -0.4 is 10.2 Å². The molecule has 0 spiro atoms. The van der Waals surface area contributed by atoms with Gasteiger partial charge in [0.25, 0.3) is 0 Å². The summed E-state index contributed by atoms with van der Waals surface area (Å²) in [6, 6.07) is 3.97. The summed E-state index contributed by atoms with van der Waals surface area (Å²) in [5.41, 5.74) is 1.17. The van der Waals surface area contributed by atoms with Crippen molar-refractivity contribution in [3.8, 4) is 5.75 Å². The first kappa shape index (κ1) is 10.7. The molecule has 1 aromatic heterocycles. The van der Waals surface area contributed by atoms with Crippen LogP contribution in [0.1, 0.15) is 12.6 Å². The van der Waals surface area contributed by atoms with Gasteiger partial charge in [-0.15, -0.1) is 0 Å². The number of aromatic nitrogens is 1. The number of methoxy groups -OCH3 is 1. The predicted molar refractivity (Wildman–Crippen MR) is 60.5 cm³/mol. The van der Waals surface area contributed by atoms with E-state index in [0.29, 0.717) is 23.1 Å². The van der Waals surface area contributed by atoms with Crippen LogP contribution in [0.5, 0.6) is 5.75 Å². The third-order valence-electron chi connectivity index (χ3n) is 2.52. The van der Waals surface area contributed by atoms with Crippen LogP contribution in [-0.4, -0.2) is 12.1 Å². The molecule has 16 heavy (non-hydrogen) atoms. The van der Waals surface area contributed by atoms with E-state index in [1.54, 1.807) is 0 Å². The summed E-state index contributed by atoms with van der Waals surface area (Å²) in [6.45, 7) is 1.94. The van der Waals surface area contributed by atoms with E-state index in [1.807, 2.05) is 6.92 Å². The van der Waals surface area contributed by atoms with Gasteiger partial charge in [0.1, 0.15) is 11.6 Å². The molecule has 1 aromatic carbocycles. The number of fused-ring (bicyclic) bond motifs is 1. The van der Waals surface area contributed by atoms with E-state index in [0.717, 1.165) is 5.69 Å². The SMILES string of the molecule is CCc1cc(=O)c2cc(F)cc(OC)c2[nH]1. The van der Waals surface area contributed by atoms with Crippen LogP contribution in [0.15, 0.2) is 23.0 Å². The Morgan fingerprint density at radius 1 is 1.38 bits per heavy atom. The Hall–Kier alpha value is -1.84. The number of aromatic amines is 1. The minimum Gasteiger partial charge on any atom is -0.494 e. The Morgan fingerprint density at radius 3 is 2.75 bits per heavy atom. The lowest BCUT2D eigenvalue weighted by molar-refractivity contribution is 0.415. The zero-order valence-corrected chi connectivity index (χ0v) is 9.13. The highest BCUT2D eigenvalue weighted by Crippen LogP contribution is 2.23. The third kappa shape index (κ3) is 1.66. The van der Waals surface area contributed by atoms with Crippen molar-refractivity contribution < 1.29 is 9.13 Å². The summed E-state index contributed by atoms with van der Waals surface area (Å²) >= 11 is 0. The van der Waals surface area contributed by atoms with Crippen LogP contribution in [0.4, 0.5) is 4.39 Å². The molecule has 0 bridgehead atoms. The summed E-state index contributed by atoms with van der Waals surface area (Å²) in [7, 11) is 1.45. The Labute approximate surface area is 91.9 Å². The van der Waals surface area contributed by atoms with Gasteiger partial charge in [0.2, 0.25) is 0 Å². The van der Waals surface area contributed by atoms with Crippen molar-refractivity contribution in [2.24, 2.45) is 0 Å². The number of hydrogen-bond acceptors (Lipinski definition) is 2. The molecule has 0 aliphatic rings. The second kappa shape index (κ2) is 3.96. The molecule has 0 unspecified atom stereocenters. The van der Waals surface area contributed by atoms with Gasteiger partial charge in [-0.2, -0.15) is 0 Å². The largest absolute Gasteiger partial charge is 0.494 e. The normalized spacial score (nSPS) is 10.7. The molecule has 4 heteroatoms. The van der Waals surface area contributed by atoms with Gasteiger partial charge in [-0.3, -0.25) is 4.79 Å². The van der Waals surface area contributed by atoms with Gasteiger partial charge in [0, 0.05) is 17.8 Å². The molecule has 1 heterocycles. The highest BCUT2D eigenvalue weighted by atomic mass is 19.1. The molecule has 0 saturated carbocycles. The average Bonchev–Trinajstić information content (AvgIpc) is 2.28. The van der Waals surface area contributed by atoms with Crippen LogP contribution in [0.25, 0.3) is 10.9 Å². The number of pyridine rings is 1. The Bertz CT molecular complexity index is 589. The second-order valence-corrected chi connectivity index (χ2v) is 3.54. The number of nitrogens with one attached hydrogen (secondary N) is 1. The van der Waals surface area contributed by atoms with Gasteiger partial charge < -0.3 is 9.72 Å². The summed E-state index contributed by atoms with van der Waals surface area (Å²) in [4.78, 5) is 14.8. The van der Waals surface area contributed by atoms with Crippen molar-refractivity contribution in [3.63, 3.8) is 0 Å². The van der Waals surface area contributed by atoms with Gasteiger partial charge in [0.05, 0.1) is 18.0 Å². The molecule has 0 fully saturated rings.